The minimum absolute atomic E-state index is 0.0378. The number of hydrogen-bond acceptors (Lipinski definition) is 5. The molecule has 3 amide bonds. The molecule has 1 aromatic heterocycles. The van der Waals surface area contributed by atoms with Crippen molar-refractivity contribution in [2.24, 2.45) is 0 Å². The summed E-state index contributed by atoms with van der Waals surface area (Å²) in [6, 6.07) is 9.24. The monoisotopic (exact) mass is 394 g/mol. The summed E-state index contributed by atoms with van der Waals surface area (Å²) in [7, 11) is 0. The molecule has 1 fully saturated rings. The van der Waals surface area contributed by atoms with Gasteiger partial charge >= 0.3 is 6.03 Å². The van der Waals surface area contributed by atoms with Crippen molar-refractivity contribution >= 4 is 17.9 Å². The van der Waals surface area contributed by atoms with Crippen LogP contribution in [0.3, 0.4) is 0 Å². The lowest BCUT2D eigenvalue weighted by molar-refractivity contribution is -0.133. The van der Waals surface area contributed by atoms with Crippen LogP contribution in [0.1, 0.15) is 18.1 Å². The number of benzene rings is 1. The van der Waals surface area contributed by atoms with E-state index in [9.17, 15) is 9.59 Å². The van der Waals surface area contributed by atoms with Crippen LogP contribution in [0.15, 0.2) is 42.7 Å². The number of urea groups is 1. The predicted molar refractivity (Wildman–Crippen MR) is 109 cm³/mol. The minimum Gasteiger partial charge on any atom is -0.337 e. The van der Waals surface area contributed by atoms with E-state index in [1.165, 1.54) is 11.1 Å². The van der Waals surface area contributed by atoms with Gasteiger partial charge in [-0.3, -0.25) is 4.79 Å². The second-order valence-electron chi connectivity index (χ2n) is 7.47. The Kier molecular flexibility index (Phi) is 5.59. The van der Waals surface area contributed by atoms with Gasteiger partial charge in [-0.25, -0.2) is 14.8 Å². The van der Waals surface area contributed by atoms with E-state index in [4.69, 9.17) is 0 Å². The van der Waals surface area contributed by atoms with E-state index in [2.05, 4.69) is 32.3 Å². The summed E-state index contributed by atoms with van der Waals surface area (Å²) in [5.41, 5.74) is 2.48. The molecule has 1 saturated heterocycles. The molecule has 152 valence electrons. The molecule has 0 saturated carbocycles. The van der Waals surface area contributed by atoms with E-state index in [0.717, 1.165) is 6.42 Å². The van der Waals surface area contributed by atoms with Crippen molar-refractivity contribution in [2.75, 3.05) is 37.6 Å². The highest BCUT2D eigenvalue weighted by atomic mass is 16.2. The maximum absolute atomic E-state index is 12.8. The minimum atomic E-state index is -0.553. The fourth-order valence-electron chi connectivity index (χ4n) is 3.86. The van der Waals surface area contributed by atoms with Gasteiger partial charge in [-0.15, -0.1) is 0 Å². The number of aromatic nitrogens is 2. The van der Waals surface area contributed by atoms with Crippen LogP contribution >= 0.6 is 0 Å². The van der Waals surface area contributed by atoms with Gasteiger partial charge in [0.15, 0.2) is 0 Å². The van der Waals surface area contributed by atoms with Gasteiger partial charge in [-0.1, -0.05) is 24.3 Å². The number of nitrogens with one attached hydrogen (secondary N) is 1. The van der Waals surface area contributed by atoms with E-state index in [1.807, 2.05) is 17.0 Å². The smallest absolute Gasteiger partial charge is 0.318 e. The number of rotatable bonds is 3. The topological polar surface area (TPSA) is 81.7 Å². The molecule has 0 aliphatic carbocycles. The normalized spacial score (nSPS) is 17.5. The fraction of sp³-hybridized carbons (Fsp3) is 0.429. The summed E-state index contributed by atoms with van der Waals surface area (Å²) in [5, 5.41) is 2.87. The Morgan fingerprint density at radius 2 is 1.62 bits per heavy atom. The Hall–Kier alpha value is -3.16. The number of nitrogens with zero attached hydrogens (tertiary/aromatic N) is 5. The van der Waals surface area contributed by atoms with Gasteiger partial charge < -0.3 is 20.0 Å². The summed E-state index contributed by atoms with van der Waals surface area (Å²) >= 11 is 0. The van der Waals surface area contributed by atoms with Crippen LogP contribution in [0.25, 0.3) is 0 Å². The highest BCUT2D eigenvalue weighted by Crippen LogP contribution is 2.19. The molecule has 0 spiro atoms. The first-order valence-corrected chi connectivity index (χ1v) is 10.0. The zero-order chi connectivity index (χ0) is 20.2. The second kappa shape index (κ2) is 8.46. The van der Waals surface area contributed by atoms with Crippen LogP contribution in [0.4, 0.5) is 10.7 Å². The fourth-order valence-corrected chi connectivity index (χ4v) is 3.86. The molecule has 2 aliphatic heterocycles. The lowest BCUT2D eigenvalue weighted by atomic mass is 9.99. The van der Waals surface area contributed by atoms with Gasteiger partial charge in [0.2, 0.25) is 11.9 Å². The standard InChI is InChI=1S/C21H26N6O2/c1-16(19(28)27-10-7-17-5-2-3-6-18(17)15-27)24-21(29)26-13-11-25(12-14-26)20-22-8-4-9-23-20/h2-6,8-9,16H,7,10-15H2,1H3,(H,24,29). The third-order valence-electron chi connectivity index (χ3n) is 5.55. The summed E-state index contributed by atoms with van der Waals surface area (Å²) in [4.78, 5) is 39.6. The third kappa shape index (κ3) is 4.31. The van der Waals surface area contributed by atoms with Gasteiger partial charge in [-0.2, -0.15) is 0 Å². The Morgan fingerprint density at radius 3 is 2.34 bits per heavy atom. The van der Waals surface area contributed by atoms with Crippen LogP contribution in [-0.4, -0.2) is 70.5 Å². The first kappa shape index (κ1) is 19.2. The second-order valence-corrected chi connectivity index (χ2v) is 7.47. The molecule has 1 N–H and O–H groups in total. The van der Waals surface area contributed by atoms with Gasteiger partial charge in [0, 0.05) is 51.7 Å². The number of fused-ring (bicyclic) bond motifs is 1. The molecular weight excluding hydrogens is 368 g/mol. The van der Waals surface area contributed by atoms with Crippen molar-refractivity contribution in [1.29, 1.82) is 0 Å². The third-order valence-corrected chi connectivity index (χ3v) is 5.55. The average molecular weight is 394 g/mol. The molecular formula is C21H26N6O2. The van der Waals surface area contributed by atoms with Crippen molar-refractivity contribution in [2.45, 2.75) is 25.9 Å². The molecule has 3 heterocycles. The van der Waals surface area contributed by atoms with Gasteiger partial charge in [0.25, 0.3) is 0 Å². The Morgan fingerprint density at radius 1 is 0.931 bits per heavy atom. The van der Waals surface area contributed by atoms with Crippen LogP contribution in [0.5, 0.6) is 0 Å². The van der Waals surface area contributed by atoms with Crippen LogP contribution in [-0.2, 0) is 17.8 Å². The van der Waals surface area contributed by atoms with E-state index in [-0.39, 0.29) is 11.9 Å². The van der Waals surface area contributed by atoms with E-state index >= 15 is 0 Å². The molecule has 1 atom stereocenters. The van der Waals surface area contributed by atoms with E-state index in [0.29, 0.717) is 45.2 Å². The van der Waals surface area contributed by atoms with E-state index < -0.39 is 6.04 Å². The maximum Gasteiger partial charge on any atom is 0.318 e. The Balaban J connectivity index is 1.28. The average Bonchev–Trinajstić information content (AvgIpc) is 2.79. The number of carbonyl (C=O) groups excluding carboxylic acids is 2. The Bertz CT molecular complexity index is 866. The zero-order valence-corrected chi connectivity index (χ0v) is 16.6. The molecule has 8 heteroatoms. The van der Waals surface area contributed by atoms with Crippen LogP contribution < -0.4 is 10.2 Å². The summed E-state index contributed by atoms with van der Waals surface area (Å²) in [6.07, 6.45) is 4.29. The predicted octanol–water partition coefficient (Wildman–Crippen LogP) is 1.28. The van der Waals surface area contributed by atoms with Crippen molar-refractivity contribution in [3.8, 4) is 0 Å². The van der Waals surface area contributed by atoms with Crippen LogP contribution in [0, 0.1) is 0 Å². The molecule has 2 aliphatic rings. The molecule has 8 nitrogen and oxygen atoms in total. The molecule has 0 radical (unpaired) electrons. The molecule has 1 aromatic carbocycles. The molecule has 1 unspecified atom stereocenters. The number of anilines is 1. The molecule has 4 rings (SSSR count). The summed E-state index contributed by atoms with van der Waals surface area (Å²) in [5.74, 6) is 0.644. The van der Waals surface area contributed by atoms with Crippen molar-refractivity contribution in [3.05, 3.63) is 53.9 Å². The summed E-state index contributed by atoms with van der Waals surface area (Å²) in [6.45, 7) is 5.53. The largest absolute Gasteiger partial charge is 0.337 e. The number of amides is 3. The Labute approximate surface area is 170 Å². The van der Waals surface area contributed by atoms with Gasteiger partial charge in [0.05, 0.1) is 0 Å². The highest BCUT2D eigenvalue weighted by molar-refractivity contribution is 5.87. The number of hydrogen-bond donors (Lipinski definition) is 1. The maximum atomic E-state index is 12.8. The lowest BCUT2D eigenvalue weighted by Gasteiger charge is -2.36. The summed E-state index contributed by atoms with van der Waals surface area (Å²) < 4.78 is 0. The molecule has 0 bridgehead atoms. The first-order chi connectivity index (χ1) is 14.1. The molecule has 2 aromatic rings. The van der Waals surface area contributed by atoms with E-state index in [1.54, 1.807) is 30.3 Å². The first-order valence-electron chi connectivity index (χ1n) is 10.0. The number of piperazine rings is 1. The van der Waals surface area contributed by atoms with Gasteiger partial charge in [-0.05, 0) is 30.5 Å². The molecule has 29 heavy (non-hydrogen) atoms. The lowest BCUT2D eigenvalue weighted by Crippen LogP contribution is -2.56. The zero-order valence-electron chi connectivity index (χ0n) is 16.6. The number of carbonyl (C=O) groups is 2. The van der Waals surface area contributed by atoms with Crippen molar-refractivity contribution in [1.82, 2.24) is 25.1 Å². The SMILES string of the molecule is CC(NC(=O)N1CCN(c2ncccn2)CC1)C(=O)N1CCc2ccccc2C1. The quantitative estimate of drug-likeness (QED) is 0.848. The highest BCUT2D eigenvalue weighted by Gasteiger charge is 2.28. The van der Waals surface area contributed by atoms with Crippen molar-refractivity contribution in [3.63, 3.8) is 0 Å². The van der Waals surface area contributed by atoms with Crippen LogP contribution in [0.2, 0.25) is 0 Å². The van der Waals surface area contributed by atoms with Crippen molar-refractivity contribution < 1.29 is 9.59 Å². The van der Waals surface area contributed by atoms with Gasteiger partial charge in [0.1, 0.15) is 6.04 Å².